The third-order valence-corrected chi connectivity index (χ3v) is 4.37. The minimum atomic E-state index is -0.301. The van der Waals surface area contributed by atoms with Crippen LogP contribution in [0.5, 0.6) is 5.75 Å². The highest BCUT2D eigenvalue weighted by atomic mass is 32.2. The van der Waals surface area contributed by atoms with Gasteiger partial charge in [-0.1, -0.05) is 42.0 Å². The Kier molecular flexibility index (Phi) is 4.21. The highest BCUT2D eigenvalue weighted by molar-refractivity contribution is 8.18. The predicted octanol–water partition coefficient (Wildman–Crippen LogP) is 3.94. The van der Waals surface area contributed by atoms with Gasteiger partial charge in [0.25, 0.3) is 11.1 Å². The molecule has 0 atom stereocenters. The van der Waals surface area contributed by atoms with E-state index < -0.39 is 0 Å². The molecule has 4 nitrogen and oxygen atoms in total. The first-order valence-electron chi connectivity index (χ1n) is 7.13. The number of amides is 2. The maximum Gasteiger partial charge on any atom is 0.293 e. The Balaban J connectivity index is 1.82. The molecule has 0 unspecified atom stereocenters. The molecule has 0 radical (unpaired) electrons. The largest absolute Gasteiger partial charge is 0.508 e. The summed E-state index contributed by atoms with van der Waals surface area (Å²) in [6, 6.07) is 14.3. The van der Waals surface area contributed by atoms with Crippen LogP contribution in [0.25, 0.3) is 6.08 Å². The summed E-state index contributed by atoms with van der Waals surface area (Å²) in [5, 5.41) is 9.20. The van der Waals surface area contributed by atoms with Gasteiger partial charge in [-0.2, -0.15) is 0 Å². The van der Waals surface area contributed by atoms with E-state index in [1.807, 2.05) is 31.2 Å². The third-order valence-electron chi connectivity index (χ3n) is 3.46. The van der Waals surface area contributed by atoms with Gasteiger partial charge in [-0.25, -0.2) is 0 Å². The van der Waals surface area contributed by atoms with Crippen LogP contribution in [0.3, 0.4) is 0 Å². The summed E-state index contributed by atoms with van der Waals surface area (Å²) in [5.74, 6) is -0.178. The van der Waals surface area contributed by atoms with E-state index in [4.69, 9.17) is 0 Å². The Bertz CT molecular complexity index is 813. The van der Waals surface area contributed by atoms with Gasteiger partial charge in [0, 0.05) is 0 Å². The van der Waals surface area contributed by atoms with Gasteiger partial charge in [-0.05, 0) is 48.0 Å². The molecule has 0 aliphatic carbocycles. The van der Waals surface area contributed by atoms with E-state index in [0.717, 1.165) is 22.9 Å². The van der Waals surface area contributed by atoms with E-state index in [0.29, 0.717) is 10.5 Å². The van der Waals surface area contributed by atoms with Crippen molar-refractivity contribution >= 4 is 29.0 Å². The average Bonchev–Trinajstić information content (AvgIpc) is 2.75. The van der Waals surface area contributed by atoms with Crippen LogP contribution >= 0.6 is 11.8 Å². The van der Waals surface area contributed by atoms with Crippen LogP contribution in [0.2, 0.25) is 0 Å². The van der Waals surface area contributed by atoms with Crippen molar-refractivity contribution in [3.63, 3.8) is 0 Å². The lowest BCUT2D eigenvalue weighted by molar-refractivity contribution is -0.123. The number of thioether (sulfide) groups is 1. The molecule has 2 aromatic carbocycles. The molecule has 1 saturated heterocycles. The minimum absolute atomic E-state index is 0.123. The van der Waals surface area contributed by atoms with Crippen molar-refractivity contribution in [2.24, 2.45) is 0 Å². The highest BCUT2D eigenvalue weighted by Gasteiger charge is 2.34. The number of phenolic OH excluding ortho intramolecular Hbond substituents is 1. The number of hydrogen-bond donors (Lipinski definition) is 1. The van der Waals surface area contributed by atoms with Crippen LogP contribution in [0.4, 0.5) is 4.79 Å². The molecule has 2 aromatic rings. The average molecular weight is 325 g/mol. The van der Waals surface area contributed by atoms with Gasteiger partial charge >= 0.3 is 0 Å². The fourth-order valence-electron chi connectivity index (χ4n) is 2.40. The smallest absolute Gasteiger partial charge is 0.293 e. The molecule has 0 saturated carbocycles. The molecule has 23 heavy (non-hydrogen) atoms. The number of imide groups is 1. The van der Waals surface area contributed by atoms with Crippen LogP contribution in [0.1, 0.15) is 16.7 Å². The summed E-state index contributed by atoms with van der Waals surface area (Å²) < 4.78 is 0. The van der Waals surface area contributed by atoms with Crippen molar-refractivity contribution in [3.05, 3.63) is 70.1 Å². The number of rotatable bonds is 3. The van der Waals surface area contributed by atoms with E-state index in [9.17, 15) is 14.7 Å². The summed E-state index contributed by atoms with van der Waals surface area (Å²) in [7, 11) is 0. The van der Waals surface area contributed by atoms with E-state index in [-0.39, 0.29) is 23.4 Å². The van der Waals surface area contributed by atoms with E-state index in [1.54, 1.807) is 30.3 Å². The maximum absolute atomic E-state index is 12.4. The first-order valence-corrected chi connectivity index (χ1v) is 7.94. The zero-order valence-electron chi connectivity index (χ0n) is 12.5. The summed E-state index contributed by atoms with van der Waals surface area (Å²) in [6.07, 6.45) is 1.63. The molecule has 0 spiro atoms. The quantitative estimate of drug-likeness (QED) is 0.869. The van der Waals surface area contributed by atoms with Gasteiger partial charge in [-0.3, -0.25) is 14.5 Å². The van der Waals surface area contributed by atoms with Crippen molar-refractivity contribution < 1.29 is 14.7 Å². The topological polar surface area (TPSA) is 57.6 Å². The van der Waals surface area contributed by atoms with Gasteiger partial charge < -0.3 is 5.11 Å². The lowest BCUT2D eigenvalue weighted by Gasteiger charge is -2.12. The number of hydrogen-bond acceptors (Lipinski definition) is 4. The Labute approximate surface area is 138 Å². The second kappa shape index (κ2) is 6.30. The molecular formula is C18H15NO3S. The van der Waals surface area contributed by atoms with Crippen molar-refractivity contribution in [1.82, 2.24) is 4.90 Å². The fourth-order valence-corrected chi connectivity index (χ4v) is 3.23. The van der Waals surface area contributed by atoms with Crippen LogP contribution in [0.15, 0.2) is 53.4 Å². The van der Waals surface area contributed by atoms with E-state index in [2.05, 4.69) is 0 Å². The zero-order chi connectivity index (χ0) is 16.4. The number of phenols is 1. The fraction of sp³-hybridized carbons (Fsp3) is 0.111. The Morgan fingerprint density at radius 2 is 1.91 bits per heavy atom. The van der Waals surface area contributed by atoms with Gasteiger partial charge in [0.1, 0.15) is 5.75 Å². The van der Waals surface area contributed by atoms with Gasteiger partial charge in [0.2, 0.25) is 0 Å². The van der Waals surface area contributed by atoms with E-state index in [1.165, 1.54) is 4.90 Å². The van der Waals surface area contributed by atoms with Crippen molar-refractivity contribution in [1.29, 1.82) is 0 Å². The zero-order valence-corrected chi connectivity index (χ0v) is 13.3. The number of nitrogens with zero attached hydrogens (tertiary/aromatic N) is 1. The second-order valence-electron chi connectivity index (χ2n) is 5.35. The standard InChI is InChI=1S/C18H15NO3S/c1-12-4-2-6-14(8-12)11-19-17(21)16(23-18(19)22)10-13-5-3-7-15(20)9-13/h2-10,20H,11H2,1H3/b16-10+. The first kappa shape index (κ1) is 15.4. The Morgan fingerprint density at radius 3 is 2.65 bits per heavy atom. The first-order chi connectivity index (χ1) is 11.0. The number of carbonyl (C=O) groups excluding carboxylic acids is 2. The van der Waals surface area contributed by atoms with Gasteiger partial charge in [-0.15, -0.1) is 0 Å². The number of benzene rings is 2. The molecular weight excluding hydrogens is 310 g/mol. The Morgan fingerprint density at radius 1 is 1.13 bits per heavy atom. The lowest BCUT2D eigenvalue weighted by Crippen LogP contribution is -2.27. The molecule has 1 aliphatic rings. The van der Waals surface area contributed by atoms with Crippen molar-refractivity contribution in [2.45, 2.75) is 13.5 Å². The molecule has 5 heteroatoms. The summed E-state index contributed by atoms with van der Waals surface area (Å²) in [4.78, 5) is 26.2. The number of carbonyl (C=O) groups is 2. The SMILES string of the molecule is Cc1cccc(CN2C(=O)S/C(=C/c3cccc(O)c3)C2=O)c1. The summed E-state index contributed by atoms with van der Waals surface area (Å²) >= 11 is 0.923. The third kappa shape index (κ3) is 3.46. The molecule has 1 N–H and O–H groups in total. The molecule has 2 amide bonds. The van der Waals surface area contributed by atoms with E-state index >= 15 is 0 Å². The second-order valence-corrected chi connectivity index (χ2v) is 6.35. The highest BCUT2D eigenvalue weighted by Crippen LogP contribution is 2.33. The minimum Gasteiger partial charge on any atom is -0.508 e. The molecule has 1 heterocycles. The molecule has 0 aromatic heterocycles. The van der Waals surface area contributed by atoms with Crippen LogP contribution in [-0.4, -0.2) is 21.2 Å². The monoisotopic (exact) mass is 325 g/mol. The maximum atomic E-state index is 12.4. The van der Waals surface area contributed by atoms with Gasteiger partial charge in [0.05, 0.1) is 11.4 Å². The van der Waals surface area contributed by atoms with Crippen molar-refractivity contribution in [3.8, 4) is 5.75 Å². The molecule has 1 fully saturated rings. The Hall–Kier alpha value is -2.53. The molecule has 0 bridgehead atoms. The van der Waals surface area contributed by atoms with Crippen LogP contribution in [-0.2, 0) is 11.3 Å². The summed E-state index contributed by atoms with van der Waals surface area (Å²) in [6.45, 7) is 2.24. The molecule has 1 aliphatic heterocycles. The van der Waals surface area contributed by atoms with Crippen LogP contribution < -0.4 is 0 Å². The number of aryl methyl sites for hydroxylation is 1. The van der Waals surface area contributed by atoms with Gasteiger partial charge in [0.15, 0.2) is 0 Å². The normalized spacial score (nSPS) is 16.4. The summed E-state index contributed by atoms with van der Waals surface area (Å²) in [5.41, 5.74) is 2.70. The number of aromatic hydroxyl groups is 1. The molecule has 116 valence electrons. The molecule has 3 rings (SSSR count). The predicted molar refractivity (Wildman–Crippen MR) is 90.8 cm³/mol. The lowest BCUT2D eigenvalue weighted by atomic mass is 10.1. The van der Waals surface area contributed by atoms with Crippen molar-refractivity contribution in [2.75, 3.05) is 0 Å². The van der Waals surface area contributed by atoms with Crippen LogP contribution in [0, 0.1) is 6.92 Å².